The second-order valence-corrected chi connectivity index (χ2v) is 6.24. The average molecular weight is 377 g/mol. The van der Waals surface area contributed by atoms with Gasteiger partial charge in [0.15, 0.2) is 11.5 Å². The number of esters is 1. The van der Waals surface area contributed by atoms with Gasteiger partial charge in [-0.15, -0.1) is 11.3 Å². The molecule has 0 fully saturated rings. The predicted octanol–water partition coefficient (Wildman–Crippen LogP) is 2.09. The molecule has 8 nitrogen and oxygen atoms in total. The number of amides is 1. The highest BCUT2D eigenvalue weighted by molar-refractivity contribution is 7.09. The van der Waals surface area contributed by atoms with Crippen LogP contribution in [-0.2, 0) is 16.0 Å². The molecule has 1 heterocycles. The van der Waals surface area contributed by atoms with E-state index in [2.05, 4.69) is 15.5 Å². The number of hydrazone groups is 1. The fourth-order valence-electron chi connectivity index (χ4n) is 2.09. The summed E-state index contributed by atoms with van der Waals surface area (Å²) in [6.07, 6.45) is 1.59. The minimum Gasteiger partial charge on any atom is -0.493 e. The van der Waals surface area contributed by atoms with Crippen LogP contribution in [0.25, 0.3) is 0 Å². The second-order valence-electron chi connectivity index (χ2n) is 5.18. The zero-order chi connectivity index (χ0) is 19.1. The number of hydrogen-bond donors (Lipinski definition) is 1. The Morgan fingerprint density at radius 2 is 1.92 bits per heavy atom. The van der Waals surface area contributed by atoms with Gasteiger partial charge in [-0.25, -0.2) is 10.4 Å². The van der Waals surface area contributed by atoms with Crippen molar-refractivity contribution in [3.8, 4) is 17.2 Å². The smallest absolute Gasteiger partial charge is 0.308 e. The Kier molecular flexibility index (Phi) is 6.67. The Morgan fingerprint density at radius 1 is 1.27 bits per heavy atom. The van der Waals surface area contributed by atoms with E-state index in [1.807, 2.05) is 12.3 Å². The number of hydrogen-bond acceptors (Lipinski definition) is 8. The lowest BCUT2D eigenvalue weighted by atomic mass is 10.2. The molecule has 1 amide bonds. The fraction of sp³-hybridized carbons (Fsp3) is 0.294. The molecule has 0 bridgehead atoms. The number of carbonyl (C=O) groups is 2. The summed E-state index contributed by atoms with van der Waals surface area (Å²) in [4.78, 5) is 27.3. The normalized spacial score (nSPS) is 10.6. The number of nitrogens with one attached hydrogen (secondary N) is 1. The quantitative estimate of drug-likeness (QED) is 0.343. The van der Waals surface area contributed by atoms with Crippen LogP contribution >= 0.6 is 11.3 Å². The molecule has 1 aromatic heterocycles. The van der Waals surface area contributed by atoms with Crippen LogP contribution in [0.5, 0.6) is 17.2 Å². The molecule has 0 aliphatic carbocycles. The third-order valence-corrected chi connectivity index (χ3v) is 3.96. The Hall–Kier alpha value is -2.94. The van der Waals surface area contributed by atoms with Gasteiger partial charge < -0.3 is 14.2 Å². The molecule has 2 rings (SSSR count). The standard InChI is InChI=1S/C17H19N3O5S/c1-10-19-13(9-26-10)7-16(22)20-18-8-12-5-14(23-3)17(25-11(2)21)15(6-12)24-4/h5-6,8-9H,7H2,1-4H3,(H,20,22)/b18-8-. The molecular formula is C17H19N3O5S. The molecule has 0 unspecified atom stereocenters. The summed E-state index contributed by atoms with van der Waals surface area (Å²) in [6, 6.07) is 3.22. The van der Waals surface area contributed by atoms with Crippen LogP contribution in [-0.4, -0.2) is 37.3 Å². The molecule has 138 valence electrons. The molecule has 0 aliphatic rings. The van der Waals surface area contributed by atoms with Crippen molar-refractivity contribution >= 4 is 29.4 Å². The lowest BCUT2D eigenvalue weighted by Crippen LogP contribution is -2.19. The van der Waals surface area contributed by atoms with Crippen LogP contribution in [0.3, 0.4) is 0 Å². The maximum Gasteiger partial charge on any atom is 0.308 e. The van der Waals surface area contributed by atoms with Crippen LogP contribution in [0, 0.1) is 6.92 Å². The summed E-state index contributed by atoms with van der Waals surface area (Å²) in [7, 11) is 2.89. The van der Waals surface area contributed by atoms with E-state index in [0.29, 0.717) is 22.8 Å². The lowest BCUT2D eigenvalue weighted by molar-refractivity contribution is -0.132. The van der Waals surface area contributed by atoms with Crippen molar-refractivity contribution < 1.29 is 23.8 Å². The Bertz CT molecular complexity index is 807. The number of thiazole rings is 1. The molecular weight excluding hydrogens is 358 g/mol. The molecule has 2 aromatic rings. The van der Waals surface area contributed by atoms with E-state index in [9.17, 15) is 9.59 Å². The number of nitrogens with zero attached hydrogens (tertiary/aromatic N) is 2. The molecule has 0 radical (unpaired) electrons. The molecule has 0 atom stereocenters. The van der Waals surface area contributed by atoms with Gasteiger partial charge >= 0.3 is 5.97 Å². The summed E-state index contributed by atoms with van der Waals surface area (Å²) >= 11 is 1.49. The highest BCUT2D eigenvalue weighted by Gasteiger charge is 2.15. The topological polar surface area (TPSA) is 99.1 Å². The Balaban J connectivity index is 2.09. The second kappa shape index (κ2) is 8.95. The number of benzene rings is 1. The molecule has 9 heteroatoms. The van der Waals surface area contributed by atoms with E-state index in [4.69, 9.17) is 14.2 Å². The first kappa shape index (κ1) is 19.4. The maximum atomic E-state index is 11.9. The van der Waals surface area contributed by atoms with Crippen molar-refractivity contribution in [3.63, 3.8) is 0 Å². The van der Waals surface area contributed by atoms with E-state index in [-0.39, 0.29) is 18.1 Å². The van der Waals surface area contributed by atoms with Gasteiger partial charge in [0.25, 0.3) is 0 Å². The molecule has 0 saturated carbocycles. The third kappa shape index (κ3) is 5.28. The zero-order valence-electron chi connectivity index (χ0n) is 14.9. The van der Waals surface area contributed by atoms with E-state index < -0.39 is 5.97 Å². The zero-order valence-corrected chi connectivity index (χ0v) is 15.7. The first-order valence-electron chi connectivity index (χ1n) is 7.60. The molecule has 1 N–H and O–H groups in total. The van der Waals surface area contributed by atoms with E-state index in [1.165, 1.54) is 38.7 Å². The van der Waals surface area contributed by atoms with Gasteiger partial charge in [0.05, 0.1) is 37.6 Å². The van der Waals surface area contributed by atoms with Crippen molar-refractivity contribution in [3.05, 3.63) is 33.8 Å². The first-order chi connectivity index (χ1) is 12.4. The number of ether oxygens (including phenoxy) is 3. The lowest BCUT2D eigenvalue weighted by Gasteiger charge is -2.13. The largest absolute Gasteiger partial charge is 0.493 e. The number of aromatic nitrogens is 1. The highest BCUT2D eigenvalue weighted by atomic mass is 32.1. The van der Waals surface area contributed by atoms with Gasteiger partial charge in [-0.05, 0) is 19.1 Å². The van der Waals surface area contributed by atoms with Crippen LogP contribution < -0.4 is 19.6 Å². The molecule has 0 saturated heterocycles. The number of carbonyl (C=O) groups excluding carboxylic acids is 2. The summed E-state index contributed by atoms with van der Waals surface area (Å²) in [5.41, 5.74) is 3.74. The van der Waals surface area contributed by atoms with E-state index in [0.717, 1.165) is 5.01 Å². The third-order valence-electron chi connectivity index (χ3n) is 3.14. The molecule has 0 aliphatic heterocycles. The minimum atomic E-state index is -0.493. The van der Waals surface area contributed by atoms with Gasteiger partial charge in [-0.1, -0.05) is 0 Å². The van der Waals surface area contributed by atoms with E-state index >= 15 is 0 Å². The molecule has 26 heavy (non-hydrogen) atoms. The average Bonchev–Trinajstić information content (AvgIpc) is 2.99. The van der Waals surface area contributed by atoms with Crippen molar-refractivity contribution in [2.45, 2.75) is 20.3 Å². The summed E-state index contributed by atoms with van der Waals surface area (Å²) in [5, 5.41) is 6.66. The van der Waals surface area contributed by atoms with Gasteiger partial charge in [-0.3, -0.25) is 9.59 Å². The number of aryl methyl sites for hydroxylation is 1. The summed E-state index contributed by atoms with van der Waals surface area (Å²) in [5.74, 6) is 0.0349. The maximum absolute atomic E-state index is 11.9. The van der Waals surface area contributed by atoms with Gasteiger partial charge in [0.1, 0.15) is 0 Å². The van der Waals surface area contributed by atoms with Gasteiger partial charge in [0, 0.05) is 17.9 Å². The van der Waals surface area contributed by atoms with Crippen molar-refractivity contribution in [1.82, 2.24) is 10.4 Å². The van der Waals surface area contributed by atoms with Crippen molar-refractivity contribution in [2.24, 2.45) is 5.10 Å². The monoisotopic (exact) mass is 377 g/mol. The molecule has 0 spiro atoms. The van der Waals surface area contributed by atoms with Crippen LogP contribution in [0.1, 0.15) is 23.2 Å². The minimum absolute atomic E-state index is 0.152. The number of rotatable bonds is 7. The summed E-state index contributed by atoms with van der Waals surface area (Å²) in [6.45, 7) is 3.16. The number of methoxy groups -OCH3 is 2. The Morgan fingerprint density at radius 3 is 2.42 bits per heavy atom. The summed E-state index contributed by atoms with van der Waals surface area (Å²) < 4.78 is 15.6. The van der Waals surface area contributed by atoms with Crippen molar-refractivity contribution in [2.75, 3.05) is 14.2 Å². The predicted molar refractivity (Wildman–Crippen MR) is 97.1 cm³/mol. The highest BCUT2D eigenvalue weighted by Crippen LogP contribution is 2.38. The van der Waals surface area contributed by atoms with Gasteiger partial charge in [-0.2, -0.15) is 5.10 Å². The van der Waals surface area contributed by atoms with Crippen LogP contribution in [0.4, 0.5) is 0 Å². The van der Waals surface area contributed by atoms with Crippen LogP contribution in [0.15, 0.2) is 22.6 Å². The molecule has 1 aromatic carbocycles. The SMILES string of the molecule is COc1cc(/C=N\NC(=O)Cc2csc(C)n2)cc(OC)c1OC(C)=O. The van der Waals surface area contributed by atoms with Crippen LogP contribution in [0.2, 0.25) is 0 Å². The van der Waals surface area contributed by atoms with Crippen molar-refractivity contribution in [1.29, 1.82) is 0 Å². The van der Waals surface area contributed by atoms with Gasteiger partial charge in [0.2, 0.25) is 11.7 Å². The Labute approximate surface area is 154 Å². The van der Waals surface area contributed by atoms with E-state index in [1.54, 1.807) is 12.1 Å². The first-order valence-corrected chi connectivity index (χ1v) is 8.48. The fourth-order valence-corrected chi connectivity index (χ4v) is 2.70.